The summed E-state index contributed by atoms with van der Waals surface area (Å²) in [6.45, 7) is 5.90. The molecule has 2 fully saturated rings. The molecule has 0 aromatic heterocycles. The molecule has 3 nitrogen and oxygen atoms in total. The summed E-state index contributed by atoms with van der Waals surface area (Å²) in [6, 6.07) is 0. The van der Waals surface area contributed by atoms with E-state index in [0.29, 0.717) is 0 Å². The van der Waals surface area contributed by atoms with E-state index >= 15 is 0 Å². The number of carbonyl (C=O) groups excluding carboxylic acids is 1. The molecule has 3 rings (SSSR count). The van der Waals surface area contributed by atoms with E-state index in [0.717, 1.165) is 24.8 Å². The molecule has 18 heavy (non-hydrogen) atoms. The van der Waals surface area contributed by atoms with Crippen LogP contribution in [0.1, 0.15) is 40.0 Å². The highest BCUT2D eigenvalue weighted by Crippen LogP contribution is 2.47. The molecule has 98 valence electrons. The van der Waals surface area contributed by atoms with Crippen molar-refractivity contribution in [2.24, 2.45) is 11.8 Å². The fourth-order valence-corrected chi connectivity index (χ4v) is 3.55. The van der Waals surface area contributed by atoms with Crippen molar-refractivity contribution in [3.8, 4) is 0 Å². The van der Waals surface area contributed by atoms with Crippen LogP contribution in [0.5, 0.6) is 0 Å². The predicted octanol–water partition coefficient (Wildman–Crippen LogP) is 2.36. The number of hydrogen-bond acceptors (Lipinski definition) is 3. The quantitative estimate of drug-likeness (QED) is 0.669. The maximum atomic E-state index is 11.7. The lowest BCUT2D eigenvalue weighted by Crippen LogP contribution is -2.23. The van der Waals surface area contributed by atoms with Crippen molar-refractivity contribution in [3.05, 3.63) is 22.8 Å². The molecule has 1 saturated heterocycles. The van der Waals surface area contributed by atoms with Gasteiger partial charge in [-0.15, -0.1) is 0 Å². The molecular weight excluding hydrogens is 228 g/mol. The Morgan fingerprint density at radius 3 is 2.94 bits per heavy atom. The average Bonchev–Trinajstić information content (AvgIpc) is 2.65. The molecule has 1 saturated carbocycles. The summed E-state index contributed by atoms with van der Waals surface area (Å²) >= 11 is 0. The molecule has 2 aliphatic carbocycles. The Balaban J connectivity index is 2.07. The van der Waals surface area contributed by atoms with Gasteiger partial charge < -0.3 is 9.84 Å². The first-order chi connectivity index (χ1) is 8.40. The van der Waals surface area contributed by atoms with E-state index in [9.17, 15) is 9.90 Å². The van der Waals surface area contributed by atoms with Crippen molar-refractivity contribution in [3.63, 3.8) is 0 Å². The van der Waals surface area contributed by atoms with E-state index in [-0.39, 0.29) is 23.9 Å². The highest BCUT2D eigenvalue weighted by atomic mass is 16.6. The fraction of sp³-hybridized carbons (Fsp3) is 0.667. The van der Waals surface area contributed by atoms with Crippen LogP contribution in [0.25, 0.3) is 0 Å². The Labute approximate surface area is 108 Å². The van der Waals surface area contributed by atoms with E-state index in [1.54, 1.807) is 0 Å². The van der Waals surface area contributed by atoms with E-state index in [4.69, 9.17) is 4.74 Å². The first-order valence-electron chi connectivity index (χ1n) is 6.74. The fourth-order valence-electron chi connectivity index (χ4n) is 3.55. The molecule has 3 heteroatoms. The molecule has 1 aliphatic heterocycles. The zero-order chi connectivity index (χ0) is 13.1. The summed E-state index contributed by atoms with van der Waals surface area (Å²) in [5, 5.41) is 10.5. The number of rotatable bonds is 0. The molecule has 0 spiro atoms. The van der Waals surface area contributed by atoms with Crippen LogP contribution in [0.15, 0.2) is 22.8 Å². The van der Waals surface area contributed by atoms with Crippen LogP contribution in [0.4, 0.5) is 0 Å². The Morgan fingerprint density at radius 1 is 1.50 bits per heavy atom. The maximum Gasteiger partial charge on any atom is 0.309 e. The van der Waals surface area contributed by atoms with Crippen molar-refractivity contribution < 1.29 is 14.6 Å². The van der Waals surface area contributed by atoms with Crippen LogP contribution in [0.3, 0.4) is 0 Å². The van der Waals surface area contributed by atoms with Crippen LogP contribution >= 0.6 is 0 Å². The number of esters is 1. The molecule has 0 bridgehead atoms. The lowest BCUT2D eigenvalue weighted by molar-refractivity contribution is -0.143. The van der Waals surface area contributed by atoms with E-state index in [1.807, 2.05) is 13.8 Å². The zero-order valence-corrected chi connectivity index (χ0v) is 11.2. The predicted molar refractivity (Wildman–Crippen MR) is 67.8 cm³/mol. The first kappa shape index (κ1) is 12.0. The second-order valence-corrected chi connectivity index (χ2v) is 6.16. The van der Waals surface area contributed by atoms with Gasteiger partial charge in [0.15, 0.2) is 0 Å². The Bertz CT molecular complexity index is 470. The molecular formula is C15H20O3. The average molecular weight is 248 g/mol. The van der Waals surface area contributed by atoms with Gasteiger partial charge >= 0.3 is 5.97 Å². The highest BCUT2D eigenvalue weighted by molar-refractivity contribution is 5.75. The minimum Gasteiger partial charge on any atom is -0.461 e. The van der Waals surface area contributed by atoms with Crippen LogP contribution in [-0.4, -0.2) is 22.8 Å². The van der Waals surface area contributed by atoms with Gasteiger partial charge in [-0.2, -0.15) is 0 Å². The minimum atomic E-state index is -0.739. The number of hydrogen-bond donors (Lipinski definition) is 1. The van der Waals surface area contributed by atoms with Crippen LogP contribution in [0, 0.1) is 11.8 Å². The van der Waals surface area contributed by atoms with Gasteiger partial charge in [-0.25, -0.2) is 0 Å². The largest absolute Gasteiger partial charge is 0.461 e. The van der Waals surface area contributed by atoms with Gasteiger partial charge in [-0.3, -0.25) is 4.79 Å². The molecule has 4 atom stereocenters. The van der Waals surface area contributed by atoms with Gasteiger partial charge in [0, 0.05) is 12.3 Å². The summed E-state index contributed by atoms with van der Waals surface area (Å²) in [5.74, 6) is -0.0775. The summed E-state index contributed by atoms with van der Waals surface area (Å²) in [4.78, 5) is 11.7. The van der Waals surface area contributed by atoms with Crippen LogP contribution in [0.2, 0.25) is 0 Å². The normalized spacial score (nSPS) is 43.2. The first-order valence-corrected chi connectivity index (χ1v) is 6.74. The molecule has 3 aliphatic rings. The van der Waals surface area contributed by atoms with Gasteiger partial charge in [0.25, 0.3) is 0 Å². The zero-order valence-electron chi connectivity index (χ0n) is 11.2. The molecule has 0 amide bonds. The van der Waals surface area contributed by atoms with Crippen molar-refractivity contribution in [1.29, 1.82) is 0 Å². The Hall–Kier alpha value is -1.09. The van der Waals surface area contributed by atoms with Gasteiger partial charge in [0.05, 0.1) is 11.5 Å². The number of fused-ring (bicyclic) bond motifs is 2. The molecule has 0 radical (unpaired) electrons. The van der Waals surface area contributed by atoms with Gasteiger partial charge in [0.1, 0.15) is 6.10 Å². The number of carbonyl (C=O) groups is 1. The van der Waals surface area contributed by atoms with E-state index in [1.165, 1.54) is 11.1 Å². The summed E-state index contributed by atoms with van der Waals surface area (Å²) in [7, 11) is 0. The van der Waals surface area contributed by atoms with Crippen LogP contribution in [-0.2, 0) is 9.53 Å². The molecule has 1 heterocycles. The van der Waals surface area contributed by atoms with Crippen molar-refractivity contribution in [2.45, 2.75) is 51.7 Å². The third-order valence-corrected chi connectivity index (χ3v) is 4.79. The monoisotopic (exact) mass is 248 g/mol. The number of ether oxygens (including phenoxy) is 1. The lowest BCUT2D eigenvalue weighted by Gasteiger charge is -2.20. The van der Waals surface area contributed by atoms with Gasteiger partial charge in [0.2, 0.25) is 0 Å². The van der Waals surface area contributed by atoms with Gasteiger partial charge in [-0.05, 0) is 37.8 Å². The highest BCUT2D eigenvalue weighted by Gasteiger charge is 2.45. The third kappa shape index (κ3) is 1.57. The summed E-state index contributed by atoms with van der Waals surface area (Å²) in [6.07, 6.45) is 4.61. The standard InChI is InChI=1S/C15H20O3/c1-8-6-13-11(9(2)14(16)18-13)7-12-10(8)4-5-15(12,3)17/h7,9,11,13,17H,4-6H2,1-3H3/t9-,11-,13-,15+/m0/s1. The van der Waals surface area contributed by atoms with Gasteiger partial charge in [-0.1, -0.05) is 18.6 Å². The second-order valence-electron chi connectivity index (χ2n) is 6.16. The van der Waals surface area contributed by atoms with Crippen LogP contribution < -0.4 is 0 Å². The van der Waals surface area contributed by atoms with Crippen molar-refractivity contribution in [1.82, 2.24) is 0 Å². The smallest absolute Gasteiger partial charge is 0.309 e. The molecule has 0 aromatic rings. The minimum absolute atomic E-state index is 0.0334. The molecule has 1 N–H and O–H groups in total. The third-order valence-electron chi connectivity index (χ3n) is 4.79. The second kappa shape index (κ2) is 3.70. The Kier molecular flexibility index (Phi) is 2.46. The molecule has 0 unspecified atom stereocenters. The van der Waals surface area contributed by atoms with E-state index in [2.05, 4.69) is 13.0 Å². The summed E-state index contributed by atoms with van der Waals surface area (Å²) in [5.41, 5.74) is 2.86. The molecule has 0 aromatic carbocycles. The SMILES string of the molecule is CC1=C2CC[C@@](C)(O)C2=C[C@@H]2[C@H](C1)OC(=O)[C@H]2C. The topological polar surface area (TPSA) is 46.5 Å². The maximum absolute atomic E-state index is 11.7. The number of aliphatic hydroxyl groups is 1. The van der Waals surface area contributed by atoms with Crippen molar-refractivity contribution >= 4 is 5.97 Å². The van der Waals surface area contributed by atoms with Crippen molar-refractivity contribution in [2.75, 3.05) is 0 Å². The Morgan fingerprint density at radius 2 is 2.22 bits per heavy atom. The lowest BCUT2D eigenvalue weighted by atomic mass is 9.87. The van der Waals surface area contributed by atoms with E-state index < -0.39 is 5.60 Å². The summed E-state index contributed by atoms with van der Waals surface area (Å²) < 4.78 is 5.46.